The van der Waals surface area contributed by atoms with Crippen LogP contribution in [-0.2, 0) is 0 Å². The summed E-state index contributed by atoms with van der Waals surface area (Å²) in [5, 5.41) is 0. The molecule has 0 heterocycles. The molecule has 0 radical (unpaired) electrons. The highest BCUT2D eigenvalue weighted by Crippen LogP contribution is 2.39. The minimum absolute atomic E-state index is 0.776. The van der Waals surface area contributed by atoms with E-state index in [0.29, 0.717) is 0 Å². The van der Waals surface area contributed by atoms with E-state index in [1.54, 1.807) is 0 Å². The Kier molecular flexibility index (Phi) is 3.60. The second kappa shape index (κ2) is 5.16. The van der Waals surface area contributed by atoms with Crippen molar-refractivity contribution in [3.63, 3.8) is 0 Å². The zero-order valence-electron chi connectivity index (χ0n) is 9.36. The Bertz CT molecular complexity index is 299. The van der Waals surface area contributed by atoms with Crippen molar-refractivity contribution in [2.24, 2.45) is 5.92 Å². The maximum atomic E-state index is 3.88. The van der Waals surface area contributed by atoms with Crippen LogP contribution in [0.2, 0.25) is 0 Å². The van der Waals surface area contributed by atoms with Gasteiger partial charge >= 0.3 is 0 Å². The van der Waals surface area contributed by atoms with Crippen molar-refractivity contribution in [2.45, 2.75) is 38.0 Å². The third-order valence-electron chi connectivity index (χ3n) is 3.61. The number of hydrogen-bond donors (Lipinski definition) is 0. The summed E-state index contributed by atoms with van der Waals surface area (Å²) >= 11 is 0. The van der Waals surface area contributed by atoms with E-state index < -0.39 is 0 Å². The molecule has 0 aromatic heterocycles. The Morgan fingerprint density at radius 1 is 1.13 bits per heavy atom. The van der Waals surface area contributed by atoms with Crippen molar-refractivity contribution in [1.29, 1.82) is 0 Å². The highest BCUT2D eigenvalue weighted by molar-refractivity contribution is 5.21. The molecule has 1 aliphatic rings. The van der Waals surface area contributed by atoms with Gasteiger partial charge in [-0.05, 0) is 36.7 Å². The molecule has 0 saturated heterocycles. The molecule has 15 heavy (non-hydrogen) atoms. The summed E-state index contributed by atoms with van der Waals surface area (Å²) in [7, 11) is 0. The molecule has 0 bridgehead atoms. The number of hydrogen-bond acceptors (Lipinski definition) is 0. The highest BCUT2D eigenvalue weighted by Gasteiger charge is 2.24. The van der Waals surface area contributed by atoms with Gasteiger partial charge in [-0.25, -0.2) is 0 Å². The molecule has 0 spiro atoms. The quantitative estimate of drug-likeness (QED) is 0.628. The molecule has 0 amide bonds. The van der Waals surface area contributed by atoms with Gasteiger partial charge in [0, 0.05) is 0 Å². The molecule has 0 heteroatoms. The Hall–Kier alpha value is -1.04. The van der Waals surface area contributed by atoms with Crippen molar-refractivity contribution in [3.05, 3.63) is 48.6 Å². The van der Waals surface area contributed by atoms with Gasteiger partial charge in [0.1, 0.15) is 0 Å². The van der Waals surface area contributed by atoms with Gasteiger partial charge in [-0.15, -0.1) is 6.58 Å². The van der Waals surface area contributed by atoms with Crippen LogP contribution >= 0.6 is 0 Å². The van der Waals surface area contributed by atoms with Gasteiger partial charge in [0.2, 0.25) is 0 Å². The van der Waals surface area contributed by atoms with Crippen LogP contribution in [0.1, 0.15) is 43.6 Å². The molecule has 80 valence electrons. The monoisotopic (exact) mass is 200 g/mol. The second-order valence-electron chi connectivity index (χ2n) is 4.59. The minimum atomic E-state index is 0.776. The van der Waals surface area contributed by atoms with E-state index in [2.05, 4.69) is 43.0 Å². The molecule has 1 aromatic rings. The fraction of sp³-hybridized carbons (Fsp3) is 0.467. The summed E-state index contributed by atoms with van der Waals surface area (Å²) in [4.78, 5) is 0. The molecule has 1 fully saturated rings. The lowest BCUT2D eigenvalue weighted by molar-refractivity contribution is 0.309. The van der Waals surface area contributed by atoms with Crippen molar-refractivity contribution >= 4 is 0 Å². The average molecular weight is 200 g/mol. The molecule has 1 aliphatic carbocycles. The van der Waals surface area contributed by atoms with Crippen LogP contribution in [0.3, 0.4) is 0 Å². The van der Waals surface area contributed by atoms with Crippen molar-refractivity contribution in [1.82, 2.24) is 0 Å². The Balaban J connectivity index is 2.14. The van der Waals surface area contributed by atoms with Crippen molar-refractivity contribution in [3.8, 4) is 0 Å². The molecule has 2 rings (SSSR count). The number of allylic oxidation sites excluding steroid dienone is 1. The fourth-order valence-corrected chi connectivity index (χ4v) is 2.84. The van der Waals surface area contributed by atoms with E-state index in [9.17, 15) is 0 Å². The van der Waals surface area contributed by atoms with Crippen LogP contribution in [0.4, 0.5) is 0 Å². The zero-order valence-corrected chi connectivity index (χ0v) is 9.36. The molecule has 0 N–H and O–H groups in total. The van der Waals surface area contributed by atoms with Gasteiger partial charge in [-0.3, -0.25) is 0 Å². The summed E-state index contributed by atoms with van der Waals surface area (Å²) < 4.78 is 0. The molecular weight excluding hydrogens is 180 g/mol. The third-order valence-corrected chi connectivity index (χ3v) is 3.61. The van der Waals surface area contributed by atoms with E-state index in [4.69, 9.17) is 0 Å². The summed E-state index contributed by atoms with van der Waals surface area (Å²) in [6.07, 6.45) is 8.81. The van der Waals surface area contributed by atoms with E-state index >= 15 is 0 Å². The van der Waals surface area contributed by atoms with Crippen LogP contribution in [-0.4, -0.2) is 0 Å². The van der Waals surface area contributed by atoms with Crippen LogP contribution in [0.15, 0.2) is 43.0 Å². The molecule has 2 atom stereocenters. The van der Waals surface area contributed by atoms with Crippen molar-refractivity contribution in [2.75, 3.05) is 0 Å². The Morgan fingerprint density at radius 2 is 1.87 bits per heavy atom. The summed E-state index contributed by atoms with van der Waals surface area (Å²) in [6, 6.07) is 11.0. The molecule has 1 saturated carbocycles. The molecular formula is C15H20. The van der Waals surface area contributed by atoms with Gasteiger partial charge in [-0.1, -0.05) is 49.2 Å². The second-order valence-corrected chi connectivity index (χ2v) is 4.59. The lowest BCUT2D eigenvalue weighted by Gasteiger charge is -2.31. The Morgan fingerprint density at radius 3 is 2.60 bits per heavy atom. The van der Waals surface area contributed by atoms with Gasteiger partial charge in [-0.2, -0.15) is 0 Å². The van der Waals surface area contributed by atoms with E-state index in [1.165, 1.54) is 37.7 Å². The molecule has 0 aliphatic heterocycles. The first-order valence-corrected chi connectivity index (χ1v) is 6.07. The van der Waals surface area contributed by atoms with Crippen molar-refractivity contribution < 1.29 is 0 Å². The maximum absolute atomic E-state index is 3.88. The summed E-state index contributed by atoms with van der Waals surface area (Å²) in [5.41, 5.74) is 1.53. The van der Waals surface area contributed by atoms with E-state index in [-0.39, 0.29) is 0 Å². The van der Waals surface area contributed by atoms with Crippen LogP contribution in [0.5, 0.6) is 0 Å². The van der Waals surface area contributed by atoms with Gasteiger partial charge in [0.25, 0.3) is 0 Å². The number of benzene rings is 1. The zero-order chi connectivity index (χ0) is 10.5. The summed E-state index contributed by atoms with van der Waals surface area (Å²) in [5.74, 6) is 1.61. The van der Waals surface area contributed by atoms with Crippen LogP contribution in [0.25, 0.3) is 0 Å². The topological polar surface area (TPSA) is 0 Å². The molecule has 0 nitrogen and oxygen atoms in total. The van der Waals surface area contributed by atoms with E-state index in [0.717, 1.165) is 11.8 Å². The van der Waals surface area contributed by atoms with Gasteiger partial charge < -0.3 is 0 Å². The minimum Gasteiger partial charge on any atom is -0.103 e. The third kappa shape index (κ3) is 2.50. The first-order valence-electron chi connectivity index (χ1n) is 6.07. The number of rotatable bonds is 3. The normalized spacial score (nSPS) is 26.1. The van der Waals surface area contributed by atoms with Gasteiger partial charge in [0.15, 0.2) is 0 Å². The average Bonchev–Trinajstić information content (AvgIpc) is 2.31. The lowest BCUT2D eigenvalue weighted by Crippen LogP contribution is -2.17. The van der Waals surface area contributed by atoms with E-state index in [1.807, 2.05) is 0 Å². The maximum Gasteiger partial charge on any atom is -0.0131 e. The highest BCUT2D eigenvalue weighted by atomic mass is 14.3. The standard InChI is InChI=1S/C15H20/c1-2-8-13-11-6-7-12-15(13)14-9-4-3-5-10-14/h2-5,9-10,13,15H,1,6-8,11-12H2/t13-,15-/m1/s1. The van der Waals surface area contributed by atoms with Crippen LogP contribution < -0.4 is 0 Å². The molecule has 0 unspecified atom stereocenters. The Labute approximate surface area is 93.0 Å². The smallest absolute Gasteiger partial charge is 0.0131 e. The molecule has 1 aromatic carbocycles. The first-order chi connectivity index (χ1) is 7.42. The van der Waals surface area contributed by atoms with Crippen LogP contribution in [0, 0.1) is 5.92 Å². The predicted molar refractivity (Wildman–Crippen MR) is 66.0 cm³/mol. The largest absolute Gasteiger partial charge is 0.103 e. The first kappa shape index (κ1) is 10.5. The summed E-state index contributed by atoms with van der Waals surface area (Å²) in [6.45, 7) is 3.88. The lowest BCUT2D eigenvalue weighted by atomic mass is 9.74. The predicted octanol–water partition coefficient (Wildman–Crippen LogP) is 4.54. The SMILES string of the molecule is C=CC[C@@H]1CCCC[C@H]1c1ccccc1. The fourth-order valence-electron chi connectivity index (χ4n) is 2.84. The van der Waals surface area contributed by atoms with Gasteiger partial charge in [0.05, 0.1) is 0 Å².